The van der Waals surface area contributed by atoms with Crippen molar-refractivity contribution < 1.29 is 9.90 Å². The van der Waals surface area contributed by atoms with Gasteiger partial charge in [-0.15, -0.1) is 0 Å². The summed E-state index contributed by atoms with van der Waals surface area (Å²) in [5.74, 6) is 1.27. The van der Waals surface area contributed by atoms with E-state index in [-0.39, 0.29) is 0 Å². The molecule has 2 rings (SSSR count). The monoisotopic (exact) mass is 271 g/mol. The zero-order chi connectivity index (χ0) is 12.3. The van der Waals surface area contributed by atoms with Gasteiger partial charge in [0.15, 0.2) is 0 Å². The minimum absolute atomic E-state index is 0.296. The predicted octanol–water partition coefficient (Wildman–Crippen LogP) is 2.98. The van der Waals surface area contributed by atoms with Crippen LogP contribution in [-0.4, -0.2) is 35.7 Å². The van der Waals surface area contributed by atoms with E-state index in [4.69, 9.17) is 11.6 Å². The van der Waals surface area contributed by atoms with Gasteiger partial charge in [0, 0.05) is 23.9 Å². The van der Waals surface area contributed by atoms with Crippen LogP contribution in [0.2, 0.25) is 5.02 Å². The molecular weight excluding hydrogens is 258 g/mol. The molecule has 0 aliphatic carbocycles. The van der Waals surface area contributed by atoms with Crippen LogP contribution in [0.25, 0.3) is 0 Å². The van der Waals surface area contributed by atoms with Gasteiger partial charge >= 0.3 is 5.97 Å². The number of benzene rings is 1. The summed E-state index contributed by atoms with van der Waals surface area (Å²) in [5.41, 5.74) is 1.08. The Morgan fingerprint density at radius 1 is 1.35 bits per heavy atom. The smallest absolute Gasteiger partial charge is 0.337 e. The second-order valence-electron chi connectivity index (χ2n) is 3.92. The maximum atomic E-state index is 11.2. The Kier molecular flexibility index (Phi) is 4.18. The normalized spacial score (nSPS) is 16.6. The summed E-state index contributed by atoms with van der Waals surface area (Å²) in [6.45, 7) is 1.81. The summed E-state index contributed by atoms with van der Waals surface area (Å²) in [6.07, 6.45) is 1.09. The highest BCUT2D eigenvalue weighted by Gasteiger charge is 2.17. The number of carbonyl (C=O) groups is 1. The van der Waals surface area contributed by atoms with Crippen LogP contribution in [-0.2, 0) is 0 Å². The van der Waals surface area contributed by atoms with Crippen molar-refractivity contribution in [3.05, 3.63) is 28.8 Å². The second-order valence-corrected chi connectivity index (χ2v) is 5.58. The number of carboxylic acid groups (broad SMARTS) is 1. The van der Waals surface area contributed by atoms with E-state index in [0.717, 1.165) is 36.7 Å². The summed E-state index contributed by atoms with van der Waals surface area (Å²) >= 11 is 7.76. The Morgan fingerprint density at radius 2 is 2.18 bits per heavy atom. The Labute approximate surface area is 110 Å². The largest absolute Gasteiger partial charge is 0.478 e. The topological polar surface area (TPSA) is 40.5 Å². The van der Waals surface area contributed by atoms with E-state index in [0.29, 0.717) is 10.6 Å². The molecule has 0 spiro atoms. The molecule has 0 atom stereocenters. The van der Waals surface area contributed by atoms with Crippen molar-refractivity contribution in [3.63, 3.8) is 0 Å². The third-order valence-electron chi connectivity index (χ3n) is 2.75. The SMILES string of the molecule is O=C(O)c1cc(Cl)ccc1N1CCCSCC1. The highest BCUT2D eigenvalue weighted by molar-refractivity contribution is 7.99. The Balaban J connectivity index is 2.32. The molecule has 5 heteroatoms. The van der Waals surface area contributed by atoms with Gasteiger partial charge in [0.05, 0.1) is 11.3 Å². The van der Waals surface area contributed by atoms with Gasteiger partial charge in [0.25, 0.3) is 0 Å². The predicted molar refractivity (Wildman–Crippen MR) is 72.6 cm³/mol. The molecule has 0 saturated carbocycles. The fourth-order valence-corrected chi connectivity index (χ4v) is 3.00. The summed E-state index contributed by atoms with van der Waals surface area (Å²) < 4.78 is 0. The summed E-state index contributed by atoms with van der Waals surface area (Å²) in [6, 6.07) is 5.08. The fraction of sp³-hybridized carbons (Fsp3) is 0.417. The molecule has 1 aliphatic rings. The molecular formula is C12H14ClNO2S. The van der Waals surface area contributed by atoms with Crippen molar-refractivity contribution in [2.24, 2.45) is 0 Å². The van der Waals surface area contributed by atoms with Crippen LogP contribution in [0.15, 0.2) is 18.2 Å². The minimum Gasteiger partial charge on any atom is -0.478 e. The first-order chi connectivity index (χ1) is 8.18. The lowest BCUT2D eigenvalue weighted by molar-refractivity contribution is 0.0697. The van der Waals surface area contributed by atoms with Crippen LogP contribution in [0.4, 0.5) is 5.69 Å². The number of anilines is 1. The summed E-state index contributed by atoms with van der Waals surface area (Å²) in [4.78, 5) is 13.4. The van der Waals surface area contributed by atoms with Gasteiger partial charge in [-0.2, -0.15) is 11.8 Å². The molecule has 92 valence electrons. The van der Waals surface area contributed by atoms with Crippen molar-refractivity contribution in [2.45, 2.75) is 6.42 Å². The molecule has 0 aromatic heterocycles. The molecule has 1 fully saturated rings. The van der Waals surface area contributed by atoms with E-state index < -0.39 is 5.97 Å². The van der Waals surface area contributed by atoms with Gasteiger partial charge in [-0.25, -0.2) is 4.79 Å². The Morgan fingerprint density at radius 3 is 2.94 bits per heavy atom. The third-order valence-corrected chi connectivity index (χ3v) is 4.04. The highest BCUT2D eigenvalue weighted by Crippen LogP contribution is 2.26. The third kappa shape index (κ3) is 3.07. The zero-order valence-corrected chi connectivity index (χ0v) is 10.9. The molecule has 1 heterocycles. The molecule has 1 N–H and O–H groups in total. The van der Waals surface area contributed by atoms with E-state index in [1.807, 2.05) is 17.8 Å². The lowest BCUT2D eigenvalue weighted by Gasteiger charge is -2.24. The molecule has 17 heavy (non-hydrogen) atoms. The van der Waals surface area contributed by atoms with Gasteiger partial charge in [0.1, 0.15) is 0 Å². The van der Waals surface area contributed by atoms with Gasteiger partial charge in [-0.3, -0.25) is 0 Å². The van der Waals surface area contributed by atoms with Gasteiger partial charge < -0.3 is 10.0 Å². The van der Waals surface area contributed by atoms with Crippen LogP contribution >= 0.6 is 23.4 Å². The molecule has 1 aliphatic heterocycles. The van der Waals surface area contributed by atoms with Gasteiger partial charge in [-0.1, -0.05) is 11.6 Å². The number of nitrogens with zero attached hydrogens (tertiary/aromatic N) is 1. The van der Waals surface area contributed by atoms with Crippen LogP contribution < -0.4 is 4.90 Å². The maximum absolute atomic E-state index is 11.2. The summed E-state index contributed by atoms with van der Waals surface area (Å²) in [5, 5.41) is 9.67. The number of hydrogen-bond donors (Lipinski definition) is 1. The van der Waals surface area contributed by atoms with E-state index in [1.54, 1.807) is 6.07 Å². The number of halogens is 1. The van der Waals surface area contributed by atoms with Crippen LogP contribution in [0.1, 0.15) is 16.8 Å². The van der Waals surface area contributed by atoms with Crippen molar-refractivity contribution >= 4 is 35.0 Å². The lowest BCUT2D eigenvalue weighted by Crippen LogP contribution is -2.27. The minimum atomic E-state index is -0.917. The molecule has 0 amide bonds. The van der Waals surface area contributed by atoms with Crippen LogP contribution in [0, 0.1) is 0 Å². The van der Waals surface area contributed by atoms with Crippen molar-refractivity contribution in [2.75, 3.05) is 29.5 Å². The fourth-order valence-electron chi connectivity index (χ4n) is 1.94. The highest BCUT2D eigenvalue weighted by atomic mass is 35.5. The Bertz CT molecular complexity index is 417. The lowest BCUT2D eigenvalue weighted by atomic mass is 10.1. The van der Waals surface area contributed by atoms with E-state index in [9.17, 15) is 9.90 Å². The first kappa shape index (κ1) is 12.6. The standard InChI is InChI=1S/C12H14ClNO2S/c13-9-2-3-11(10(8-9)12(15)16)14-4-1-6-17-7-5-14/h2-3,8H,1,4-7H2,(H,15,16). The van der Waals surface area contributed by atoms with Gasteiger partial charge in [-0.05, 0) is 30.4 Å². The Hall–Kier alpha value is -0.870. The molecule has 3 nitrogen and oxygen atoms in total. The quantitative estimate of drug-likeness (QED) is 0.898. The van der Waals surface area contributed by atoms with Crippen LogP contribution in [0.3, 0.4) is 0 Å². The van der Waals surface area contributed by atoms with Crippen molar-refractivity contribution in [1.29, 1.82) is 0 Å². The molecule has 0 bridgehead atoms. The van der Waals surface area contributed by atoms with Gasteiger partial charge in [0.2, 0.25) is 0 Å². The number of carboxylic acids is 1. The van der Waals surface area contributed by atoms with E-state index in [2.05, 4.69) is 4.90 Å². The average molecular weight is 272 g/mol. The second kappa shape index (κ2) is 5.65. The number of aromatic carboxylic acids is 1. The first-order valence-corrected chi connectivity index (χ1v) is 7.07. The molecule has 1 saturated heterocycles. The number of rotatable bonds is 2. The summed E-state index contributed by atoms with van der Waals surface area (Å²) in [7, 11) is 0. The molecule has 1 aromatic rings. The molecule has 1 aromatic carbocycles. The van der Waals surface area contributed by atoms with Crippen molar-refractivity contribution in [3.8, 4) is 0 Å². The molecule has 0 unspecified atom stereocenters. The average Bonchev–Trinajstić information content (AvgIpc) is 2.57. The van der Waals surface area contributed by atoms with Crippen LogP contribution in [0.5, 0.6) is 0 Å². The van der Waals surface area contributed by atoms with E-state index >= 15 is 0 Å². The number of hydrogen-bond acceptors (Lipinski definition) is 3. The first-order valence-electron chi connectivity index (χ1n) is 5.54. The zero-order valence-electron chi connectivity index (χ0n) is 9.36. The molecule has 0 radical (unpaired) electrons. The maximum Gasteiger partial charge on any atom is 0.337 e. The van der Waals surface area contributed by atoms with Crippen molar-refractivity contribution in [1.82, 2.24) is 0 Å². The number of thioether (sulfide) groups is 1. The van der Waals surface area contributed by atoms with E-state index in [1.165, 1.54) is 6.07 Å².